The molecule has 1 fully saturated rings. The summed E-state index contributed by atoms with van der Waals surface area (Å²) in [5.41, 5.74) is 11.9. The van der Waals surface area contributed by atoms with Crippen LogP contribution in [0.4, 0.5) is 0 Å². The quantitative estimate of drug-likeness (QED) is 0.262. The summed E-state index contributed by atoms with van der Waals surface area (Å²) in [6.07, 6.45) is 1.88. The van der Waals surface area contributed by atoms with Crippen molar-refractivity contribution in [1.82, 2.24) is 25.8 Å². The molecule has 216 valence electrons. The molecule has 2 aliphatic rings. The highest BCUT2D eigenvalue weighted by molar-refractivity contribution is 5.68. The maximum Gasteiger partial charge on any atom is 0.329 e. The molecule has 1 saturated heterocycles. The van der Waals surface area contributed by atoms with Crippen molar-refractivity contribution in [2.45, 2.75) is 38.5 Å². The van der Waals surface area contributed by atoms with E-state index in [0.717, 1.165) is 36.5 Å². The first kappa shape index (κ1) is 28.6. The van der Waals surface area contributed by atoms with Gasteiger partial charge in [0.05, 0.1) is 24.9 Å². The normalized spacial score (nSPS) is 20.7. The molecule has 5 rings (SSSR count). The molecule has 0 radical (unpaired) electrons. The fraction of sp³-hybridized carbons (Fsp3) is 0.344. The van der Waals surface area contributed by atoms with Crippen LogP contribution in [0.3, 0.4) is 0 Å². The van der Waals surface area contributed by atoms with Gasteiger partial charge in [0.1, 0.15) is 12.4 Å². The Morgan fingerprint density at radius 1 is 0.976 bits per heavy atom. The van der Waals surface area contributed by atoms with Crippen molar-refractivity contribution < 1.29 is 19.7 Å². The molecule has 0 bridgehead atoms. The number of phenols is 1. The monoisotopic (exact) mass is 557 g/mol. The zero-order valence-electron chi connectivity index (χ0n) is 23.6. The predicted molar refractivity (Wildman–Crippen MR) is 158 cm³/mol. The van der Waals surface area contributed by atoms with Gasteiger partial charge in [0.25, 0.3) is 0 Å². The van der Waals surface area contributed by atoms with Crippen molar-refractivity contribution in [3.63, 3.8) is 0 Å². The summed E-state index contributed by atoms with van der Waals surface area (Å²) >= 11 is 0. The molecule has 41 heavy (non-hydrogen) atoms. The molecule has 9 nitrogen and oxygen atoms in total. The molecule has 0 spiro atoms. The Hall–Kier alpha value is -3.89. The molecule has 2 heterocycles. The second kappa shape index (κ2) is 13.2. The van der Waals surface area contributed by atoms with Crippen LogP contribution in [-0.4, -0.2) is 76.0 Å². The Bertz CT molecular complexity index is 1330. The molecule has 3 aromatic carbocycles. The number of carboxylic acid groups (broad SMARTS) is 1. The third-order valence-corrected chi connectivity index (χ3v) is 7.75. The lowest BCUT2D eigenvalue weighted by atomic mass is 9.92. The van der Waals surface area contributed by atoms with Gasteiger partial charge in [-0.2, -0.15) is 0 Å². The van der Waals surface area contributed by atoms with Crippen molar-refractivity contribution in [1.29, 1.82) is 0 Å². The van der Waals surface area contributed by atoms with Crippen LogP contribution in [0, 0.1) is 0 Å². The third-order valence-electron chi connectivity index (χ3n) is 7.75. The average molecular weight is 558 g/mol. The Labute approximate surface area is 241 Å². The average Bonchev–Trinajstić information content (AvgIpc) is 3.44. The molecular weight excluding hydrogens is 518 g/mol. The van der Waals surface area contributed by atoms with E-state index in [9.17, 15) is 9.90 Å². The molecule has 3 aromatic rings. The van der Waals surface area contributed by atoms with Gasteiger partial charge in [-0.3, -0.25) is 15.2 Å². The van der Waals surface area contributed by atoms with Gasteiger partial charge in [-0.05, 0) is 42.7 Å². The Morgan fingerprint density at radius 3 is 2.49 bits per heavy atom. The first-order valence-corrected chi connectivity index (χ1v) is 14.1. The molecule has 0 saturated carbocycles. The van der Waals surface area contributed by atoms with Gasteiger partial charge in [0.15, 0.2) is 0 Å². The minimum Gasteiger partial charge on any atom is -0.508 e. The lowest BCUT2D eigenvalue weighted by molar-refractivity contribution is -0.142. The van der Waals surface area contributed by atoms with Crippen molar-refractivity contribution in [2.75, 3.05) is 32.8 Å². The number of hydrogen-bond acceptors (Lipinski definition) is 8. The zero-order chi connectivity index (χ0) is 28.8. The first-order chi connectivity index (χ1) is 19.9. The third kappa shape index (κ3) is 7.25. The van der Waals surface area contributed by atoms with Gasteiger partial charge in [-0.25, -0.2) is 4.79 Å². The summed E-state index contributed by atoms with van der Waals surface area (Å²) in [5.74, 6) is -0.709. The molecule has 0 aliphatic carbocycles. The van der Waals surface area contributed by atoms with E-state index in [0.29, 0.717) is 18.6 Å². The number of carbonyl (C=O) groups is 1. The second-order valence-corrected chi connectivity index (χ2v) is 10.8. The van der Waals surface area contributed by atoms with E-state index in [2.05, 4.69) is 95.2 Å². The minimum absolute atomic E-state index is 0.000926. The van der Waals surface area contributed by atoms with Gasteiger partial charge < -0.3 is 20.4 Å². The number of aromatic hydroxyl groups is 1. The highest BCUT2D eigenvalue weighted by Gasteiger charge is 2.35. The van der Waals surface area contributed by atoms with E-state index in [4.69, 9.17) is 9.84 Å². The minimum atomic E-state index is -0.979. The van der Waals surface area contributed by atoms with Gasteiger partial charge in [-0.1, -0.05) is 66.7 Å². The lowest BCUT2D eigenvalue weighted by Gasteiger charge is -2.47. The van der Waals surface area contributed by atoms with Crippen LogP contribution in [0.1, 0.15) is 42.1 Å². The number of carboxylic acids is 1. The number of piperazine rings is 1. The fourth-order valence-electron chi connectivity index (χ4n) is 5.67. The number of hydrogen-bond donors (Lipinski definition) is 4. The topological polar surface area (TPSA) is 101 Å². The van der Waals surface area contributed by atoms with E-state index in [1.54, 1.807) is 11.2 Å². The SMILES string of the molecule is C[C@@H]1CN([C@H](c2ccc(C3=CNN(CCOCC(=O)O)N3)cc2)c2cccc(O)c2)[C@@H](C)CN1Cc1ccccc1. The van der Waals surface area contributed by atoms with Crippen LogP contribution in [0.25, 0.3) is 5.70 Å². The zero-order valence-corrected chi connectivity index (χ0v) is 23.6. The predicted octanol–water partition coefficient (Wildman–Crippen LogP) is 3.80. The fourth-order valence-corrected chi connectivity index (χ4v) is 5.67. The molecule has 9 heteroatoms. The van der Waals surface area contributed by atoms with E-state index in [-0.39, 0.29) is 25.0 Å². The van der Waals surface area contributed by atoms with Crippen molar-refractivity contribution in [3.8, 4) is 5.75 Å². The van der Waals surface area contributed by atoms with Gasteiger partial charge in [0.2, 0.25) is 0 Å². The molecule has 0 aromatic heterocycles. The van der Waals surface area contributed by atoms with E-state index >= 15 is 0 Å². The molecule has 0 amide bonds. The molecule has 3 atom stereocenters. The van der Waals surface area contributed by atoms with Crippen molar-refractivity contribution >= 4 is 11.7 Å². The number of hydrazine groups is 2. The van der Waals surface area contributed by atoms with Crippen LogP contribution in [0.2, 0.25) is 0 Å². The maximum atomic E-state index is 10.6. The van der Waals surface area contributed by atoms with Crippen LogP contribution < -0.4 is 10.9 Å². The standard InChI is InChI=1S/C32H39N5O4/c1-23-20-36(24(2)19-35(23)21-25-7-4-3-5-8-25)32(28-9-6-10-29(38)17-28)27-13-11-26(12-14-27)30-18-33-37(34-30)15-16-41-22-31(39)40/h3-14,17-18,23-24,32-34,38H,15-16,19-22H2,1-2H3,(H,39,40)/t23-,24+,32-/m1/s1. The Morgan fingerprint density at radius 2 is 1.76 bits per heavy atom. The van der Waals surface area contributed by atoms with Crippen molar-refractivity contribution in [3.05, 3.63) is 107 Å². The number of benzene rings is 3. The Kier molecular flexibility index (Phi) is 9.21. The molecule has 4 N–H and O–H groups in total. The van der Waals surface area contributed by atoms with Gasteiger partial charge in [0, 0.05) is 43.5 Å². The lowest BCUT2D eigenvalue weighted by Crippen LogP contribution is -2.56. The van der Waals surface area contributed by atoms with E-state index in [1.165, 1.54) is 11.1 Å². The summed E-state index contributed by atoms with van der Waals surface area (Å²) in [6.45, 7) is 7.85. The maximum absolute atomic E-state index is 10.6. The molecular formula is C32H39N5O4. The smallest absolute Gasteiger partial charge is 0.329 e. The highest BCUT2D eigenvalue weighted by Crippen LogP contribution is 2.35. The summed E-state index contributed by atoms with van der Waals surface area (Å²) < 4.78 is 5.13. The summed E-state index contributed by atoms with van der Waals surface area (Å²) in [6, 6.07) is 27.5. The highest BCUT2D eigenvalue weighted by atomic mass is 16.5. The number of nitrogens with one attached hydrogen (secondary N) is 2. The molecule has 0 unspecified atom stereocenters. The van der Waals surface area contributed by atoms with Crippen LogP contribution in [0.5, 0.6) is 5.75 Å². The molecule has 2 aliphatic heterocycles. The largest absolute Gasteiger partial charge is 0.508 e. The number of ether oxygens (including phenoxy) is 1. The van der Waals surface area contributed by atoms with Gasteiger partial charge >= 0.3 is 5.97 Å². The van der Waals surface area contributed by atoms with Crippen molar-refractivity contribution in [2.24, 2.45) is 0 Å². The summed E-state index contributed by atoms with van der Waals surface area (Å²) in [7, 11) is 0. The summed E-state index contributed by atoms with van der Waals surface area (Å²) in [4.78, 5) is 15.8. The number of nitrogens with zero attached hydrogens (tertiary/aromatic N) is 3. The summed E-state index contributed by atoms with van der Waals surface area (Å²) in [5, 5.41) is 20.8. The van der Waals surface area contributed by atoms with E-state index in [1.807, 2.05) is 18.3 Å². The van der Waals surface area contributed by atoms with Crippen LogP contribution >= 0.6 is 0 Å². The van der Waals surface area contributed by atoms with Crippen LogP contribution in [0.15, 0.2) is 85.1 Å². The number of rotatable bonds is 11. The second-order valence-electron chi connectivity index (χ2n) is 10.8. The first-order valence-electron chi connectivity index (χ1n) is 14.1. The van der Waals surface area contributed by atoms with Gasteiger partial charge in [-0.15, -0.1) is 5.12 Å². The number of aliphatic carboxylic acids is 1. The van der Waals surface area contributed by atoms with E-state index < -0.39 is 5.97 Å². The Balaban J connectivity index is 1.30. The number of phenolic OH excluding ortho intramolecular Hbond substituents is 1. The van der Waals surface area contributed by atoms with Crippen LogP contribution in [-0.2, 0) is 16.1 Å².